The van der Waals surface area contributed by atoms with Crippen molar-refractivity contribution in [2.45, 2.75) is 57.3 Å². The van der Waals surface area contributed by atoms with Crippen LogP contribution in [0.1, 0.15) is 58.0 Å². The normalized spacial score (nSPS) is 13.6. The van der Waals surface area contributed by atoms with Crippen LogP contribution in [0.15, 0.2) is 15.9 Å². The lowest BCUT2D eigenvalue weighted by molar-refractivity contribution is -0.138. The number of hydrogen-bond acceptors (Lipinski definition) is 6. The smallest absolute Gasteiger partial charge is 0.296 e. The second-order valence-electron chi connectivity index (χ2n) is 7.02. The topological polar surface area (TPSA) is 88.6 Å². The van der Waals surface area contributed by atoms with Crippen LogP contribution in [0.3, 0.4) is 0 Å². The van der Waals surface area contributed by atoms with Gasteiger partial charge in [0.2, 0.25) is 0 Å². The minimum absolute atomic E-state index is 0.0231. The van der Waals surface area contributed by atoms with E-state index in [0.717, 1.165) is 30.7 Å². The lowest BCUT2D eigenvalue weighted by Crippen LogP contribution is -2.33. The van der Waals surface area contributed by atoms with Crippen LogP contribution in [0, 0.1) is 25.2 Å². The summed E-state index contributed by atoms with van der Waals surface area (Å²) in [6.07, 6.45) is -2.27. The van der Waals surface area contributed by atoms with Crippen molar-refractivity contribution in [2.75, 3.05) is 5.75 Å². The van der Waals surface area contributed by atoms with E-state index in [1.165, 1.54) is 11.5 Å². The Morgan fingerprint density at radius 3 is 2.70 bits per heavy atom. The molecule has 0 aliphatic carbocycles. The Bertz CT molecular complexity index is 1100. The summed E-state index contributed by atoms with van der Waals surface area (Å²) >= 11 is 0.896. The number of nitrogens with zero attached hydrogens (tertiary/aromatic N) is 4. The van der Waals surface area contributed by atoms with Crippen molar-refractivity contribution in [3.63, 3.8) is 0 Å². The molecule has 0 unspecified atom stereocenters. The van der Waals surface area contributed by atoms with Gasteiger partial charge < -0.3 is 0 Å². The molecule has 158 valence electrons. The van der Waals surface area contributed by atoms with Gasteiger partial charge in [-0.15, -0.1) is 11.8 Å². The van der Waals surface area contributed by atoms with Gasteiger partial charge in [-0.2, -0.15) is 18.4 Å². The predicted molar refractivity (Wildman–Crippen MR) is 105 cm³/mol. The highest BCUT2D eigenvalue weighted by Gasteiger charge is 2.35. The molecule has 0 radical (unpaired) electrons. The summed E-state index contributed by atoms with van der Waals surface area (Å²) in [7, 11) is 0. The lowest BCUT2D eigenvalue weighted by atomic mass is 10.1. The van der Waals surface area contributed by atoms with Gasteiger partial charge in [0.05, 0.1) is 16.8 Å². The number of ketones is 1. The summed E-state index contributed by atoms with van der Waals surface area (Å²) in [5.74, 6) is 0.347. The molecule has 0 bridgehead atoms. The summed E-state index contributed by atoms with van der Waals surface area (Å²) in [6.45, 7) is 3.55. The largest absolute Gasteiger partial charge is 0.417 e. The van der Waals surface area contributed by atoms with E-state index in [1.807, 2.05) is 0 Å². The summed E-state index contributed by atoms with van der Waals surface area (Å²) in [6, 6.07) is 2.40. The minimum Gasteiger partial charge on any atom is -0.296 e. The molecule has 3 heterocycles. The number of aromatic nitrogens is 3. The van der Waals surface area contributed by atoms with Crippen molar-refractivity contribution in [3.05, 3.63) is 50.3 Å². The zero-order valence-corrected chi connectivity index (χ0v) is 17.3. The maximum absolute atomic E-state index is 13.2. The maximum atomic E-state index is 13.2. The number of thioether (sulfide) groups is 1. The monoisotopic (exact) mass is 436 g/mol. The molecule has 0 amide bonds. The van der Waals surface area contributed by atoms with Crippen molar-refractivity contribution in [1.29, 1.82) is 5.26 Å². The molecule has 2 aromatic rings. The molecule has 10 heteroatoms. The number of carbonyl (C=O) groups is 1. The SMILES string of the molecule is Cc1cc(C(F)(F)F)c(C#N)c(SCCC(=O)c2c(C)nc3n(c2=O)CCCC3)n1. The highest BCUT2D eigenvalue weighted by atomic mass is 32.2. The van der Waals surface area contributed by atoms with Crippen LogP contribution < -0.4 is 5.56 Å². The Labute approximate surface area is 175 Å². The van der Waals surface area contributed by atoms with E-state index in [1.54, 1.807) is 13.0 Å². The second-order valence-corrected chi connectivity index (χ2v) is 8.11. The number of alkyl halides is 3. The van der Waals surface area contributed by atoms with Crippen molar-refractivity contribution in [2.24, 2.45) is 0 Å². The number of halogens is 3. The molecule has 0 aromatic carbocycles. The third-order valence-corrected chi connectivity index (χ3v) is 5.82. The quantitative estimate of drug-likeness (QED) is 0.523. The lowest BCUT2D eigenvalue weighted by Gasteiger charge is -2.19. The fourth-order valence-electron chi connectivity index (χ4n) is 3.46. The number of aryl methyl sites for hydroxylation is 3. The highest BCUT2D eigenvalue weighted by molar-refractivity contribution is 7.99. The number of rotatable bonds is 5. The number of nitriles is 1. The Morgan fingerprint density at radius 2 is 2.03 bits per heavy atom. The molecule has 0 spiro atoms. The molecule has 0 N–H and O–H groups in total. The molecular formula is C20H19F3N4O2S. The van der Waals surface area contributed by atoms with Crippen molar-refractivity contribution < 1.29 is 18.0 Å². The molecule has 1 aliphatic rings. The fraction of sp³-hybridized carbons (Fsp3) is 0.450. The van der Waals surface area contributed by atoms with Gasteiger partial charge >= 0.3 is 6.18 Å². The van der Waals surface area contributed by atoms with E-state index in [4.69, 9.17) is 0 Å². The molecule has 0 fully saturated rings. The van der Waals surface area contributed by atoms with E-state index in [9.17, 15) is 28.0 Å². The summed E-state index contributed by atoms with van der Waals surface area (Å²) in [4.78, 5) is 33.8. The first-order valence-electron chi connectivity index (χ1n) is 9.38. The number of hydrogen-bond donors (Lipinski definition) is 0. The average Bonchev–Trinajstić information content (AvgIpc) is 2.67. The standard InChI is InChI=1S/C20H19F3N4O2S/c1-11-9-14(20(21,22)23)13(10-24)18(25-11)30-8-6-15(28)17-12(2)26-16-5-3-4-7-27(16)19(17)29/h9H,3-8H2,1-2H3. The molecule has 3 rings (SSSR count). The van der Waals surface area contributed by atoms with Crippen LogP contribution in [0.4, 0.5) is 13.2 Å². The summed E-state index contributed by atoms with van der Waals surface area (Å²) in [5.41, 5.74) is -1.44. The number of pyridine rings is 1. The van der Waals surface area contributed by atoms with Gasteiger partial charge in [-0.3, -0.25) is 14.2 Å². The Kier molecular flexibility index (Phi) is 6.31. The van der Waals surface area contributed by atoms with E-state index in [0.29, 0.717) is 24.5 Å². The van der Waals surface area contributed by atoms with Crippen LogP contribution in [0.2, 0.25) is 0 Å². The molecule has 0 saturated carbocycles. The van der Waals surface area contributed by atoms with Crippen LogP contribution >= 0.6 is 11.8 Å². The minimum atomic E-state index is -4.68. The molecule has 30 heavy (non-hydrogen) atoms. The second kappa shape index (κ2) is 8.60. The van der Waals surface area contributed by atoms with E-state index in [2.05, 4.69) is 9.97 Å². The van der Waals surface area contributed by atoms with E-state index >= 15 is 0 Å². The number of carbonyl (C=O) groups excluding carboxylic acids is 1. The first kappa shape index (κ1) is 22.0. The van der Waals surface area contributed by atoms with Crippen molar-refractivity contribution >= 4 is 17.5 Å². The maximum Gasteiger partial charge on any atom is 0.417 e. The van der Waals surface area contributed by atoms with E-state index in [-0.39, 0.29) is 34.0 Å². The number of fused-ring (bicyclic) bond motifs is 1. The molecule has 1 aliphatic heterocycles. The van der Waals surface area contributed by atoms with Gasteiger partial charge in [0.15, 0.2) is 5.78 Å². The van der Waals surface area contributed by atoms with Crippen LogP contribution in [-0.2, 0) is 19.1 Å². The molecule has 2 aromatic heterocycles. The van der Waals surface area contributed by atoms with Gasteiger partial charge in [-0.25, -0.2) is 9.97 Å². The highest BCUT2D eigenvalue weighted by Crippen LogP contribution is 2.36. The first-order chi connectivity index (χ1) is 14.1. The van der Waals surface area contributed by atoms with Gasteiger partial charge in [0, 0.05) is 30.8 Å². The summed E-state index contributed by atoms with van der Waals surface area (Å²) in [5, 5.41) is 9.13. The Balaban J connectivity index is 1.80. The molecule has 0 saturated heterocycles. The van der Waals surface area contributed by atoms with Crippen LogP contribution in [-0.4, -0.2) is 26.1 Å². The van der Waals surface area contributed by atoms with Gasteiger partial charge in [0.25, 0.3) is 5.56 Å². The molecular weight excluding hydrogens is 417 g/mol. The zero-order valence-electron chi connectivity index (χ0n) is 16.5. The Hall–Kier alpha value is -2.67. The first-order valence-corrected chi connectivity index (χ1v) is 10.4. The molecule has 0 atom stereocenters. The number of Topliss-reactive ketones (excluding diaryl/α,β-unsaturated/α-hetero) is 1. The Morgan fingerprint density at radius 1 is 1.30 bits per heavy atom. The van der Waals surface area contributed by atoms with Crippen molar-refractivity contribution in [3.8, 4) is 6.07 Å². The summed E-state index contributed by atoms with van der Waals surface area (Å²) < 4.78 is 41.2. The van der Waals surface area contributed by atoms with Crippen LogP contribution in [0.5, 0.6) is 0 Å². The van der Waals surface area contributed by atoms with Gasteiger partial charge in [-0.05, 0) is 32.8 Å². The third kappa shape index (κ3) is 4.41. The average molecular weight is 436 g/mol. The zero-order chi connectivity index (χ0) is 22.1. The van der Waals surface area contributed by atoms with Gasteiger partial charge in [0.1, 0.15) is 22.5 Å². The molecule has 6 nitrogen and oxygen atoms in total. The third-order valence-electron chi connectivity index (χ3n) is 4.84. The fourth-order valence-corrected chi connectivity index (χ4v) is 4.45. The van der Waals surface area contributed by atoms with E-state index < -0.39 is 23.1 Å². The van der Waals surface area contributed by atoms with Crippen molar-refractivity contribution in [1.82, 2.24) is 14.5 Å². The van der Waals surface area contributed by atoms with Crippen LogP contribution in [0.25, 0.3) is 0 Å². The van der Waals surface area contributed by atoms with Gasteiger partial charge in [-0.1, -0.05) is 0 Å². The predicted octanol–water partition coefficient (Wildman–Crippen LogP) is 3.85.